The molecule has 1 saturated carbocycles. The molecule has 29 heavy (non-hydrogen) atoms. The normalized spacial score (nSPS) is 14.1. The molecule has 2 amide bonds. The second-order valence-electron chi connectivity index (χ2n) is 7.26. The number of carbonyl (C=O) groups is 2. The fourth-order valence-electron chi connectivity index (χ4n) is 2.68. The Morgan fingerprint density at radius 2 is 1.66 bits per heavy atom. The lowest BCUT2D eigenvalue weighted by Crippen LogP contribution is -2.22. The molecule has 0 aromatic heterocycles. The van der Waals surface area contributed by atoms with Crippen molar-refractivity contribution in [3.05, 3.63) is 48.5 Å². The molecular weight excluding hydrogens is 384 g/mol. The van der Waals surface area contributed by atoms with E-state index < -0.39 is 0 Å². The third-order valence-electron chi connectivity index (χ3n) is 4.64. The molecule has 1 atom stereocenters. The lowest BCUT2D eigenvalue weighted by molar-refractivity contribution is -0.117. The van der Waals surface area contributed by atoms with Crippen molar-refractivity contribution in [2.45, 2.75) is 49.7 Å². The van der Waals surface area contributed by atoms with Crippen LogP contribution >= 0.6 is 11.8 Å². The Kier molecular flexibility index (Phi) is 7.58. The van der Waals surface area contributed by atoms with Crippen molar-refractivity contribution in [3.63, 3.8) is 0 Å². The molecule has 0 heterocycles. The summed E-state index contributed by atoms with van der Waals surface area (Å²) in [5, 5.41) is 5.62. The molecule has 2 aromatic carbocycles. The topological polar surface area (TPSA) is 67.4 Å². The van der Waals surface area contributed by atoms with Gasteiger partial charge in [-0.25, -0.2) is 0 Å². The van der Waals surface area contributed by atoms with Gasteiger partial charge in [0, 0.05) is 22.2 Å². The number of thioether (sulfide) groups is 1. The van der Waals surface area contributed by atoms with E-state index in [4.69, 9.17) is 4.74 Å². The van der Waals surface area contributed by atoms with Crippen LogP contribution in [-0.2, 0) is 9.59 Å². The Hall–Kier alpha value is -2.47. The third kappa shape index (κ3) is 6.82. The standard InChI is InChI=1S/C23H28N2O3S/c1-3-4-15-28-20-11-7-18(8-12-20)24-22(26)16(2)29-21-13-9-19(10-14-21)25-23(27)17-5-6-17/h7-14,16-17H,3-6,15H2,1-2H3,(H,24,26)(H,25,27). The average Bonchev–Trinajstić information content (AvgIpc) is 3.56. The second kappa shape index (κ2) is 10.3. The van der Waals surface area contributed by atoms with E-state index in [0.717, 1.165) is 47.7 Å². The van der Waals surface area contributed by atoms with Crippen LogP contribution in [0, 0.1) is 5.92 Å². The molecule has 2 aromatic rings. The zero-order valence-corrected chi connectivity index (χ0v) is 17.8. The van der Waals surface area contributed by atoms with E-state index in [-0.39, 0.29) is 23.0 Å². The van der Waals surface area contributed by atoms with Gasteiger partial charge in [0.25, 0.3) is 0 Å². The lowest BCUT2D eigenvalue weighted by atomic mass is 10.3. The summed E-state index contributed by atoms with van der Waals surface area (Å²) in [6, 6.07) is 15.1. The van der Waals surface area contributed by atoms with Crippen LogP contribution in [0.1, 0.15) is 39.5 Å². The molecule has 1 aliphatic carbocycles. The number of unbranched alkanes of at least 4 members (excludes halogenated alkanes) is 1. The highest BCUT2D eigenvalue weighted by Gasteiger charge is 2.29. The predicted octanol–water partition coefficient (Wildman–Crippen LogP) is 5.33. The highest BCUT2D eigenvalue weighted by Crippen LogP contribution is 2.31. The number of rotatable bonds is 10. The Balaban J connectivity index is 1.46. The summed E-state index contributed by atoms with van der Waals surface area (Å²) >= 11 is 1.48. The van der Waals surface area contributed by atoms with Gasteiger partial charge in [0.15, 0.2) is 0 Å². The highest BCUT2D eigenvalue weighted by molar-refractivity contribution is 8.00. The molecule has 5 nitrogen and oxygen atoms in total. The molecular formula is C23H28N2O3S. The molecule has 0 bridgehead atoms. The minimum absolute atomic E-state index is 0.0548. The van der Waals surface area contributed by atoms with Crippen LogP contribution in [0.4, 0.5) is 11.4 Å². The number of hydrogen-bond donors (Lipinski definition) is 2. The van der Waals surface area contributed by atoms with Gasteiger partial charge in [0.2, 0.25) is 11.8 Å². The van der Waals surface area contributed by atoms with E-state index in [1.807, 2.05) is 55.5 Å². The van der Waals surface area contributed by atoms with E-state index in [1.54, 1.807) is 0 Å². The number of ether oxygens (including phenoxy) is 1. The molecule has 1 aliphatic rings. The van der Waals surface area contributed by atoms with Gasteiger partial charge >= 0.3 is 0 Å². The minimum atomic E-state index is -0.248. The first-order chi connectivity index (χ1) is 14.0. The highest BCUT2D eigenvalue weighted by atomic mass is 32.2. The second-order valence-corrected chi connectivity index (χ2v) is 8.68. The fraction of sp³-hybridized carbons (Fsp3) is 0.391. The van der Waals surface area contributed by atoms with Gasteiger partial charge in [-0.1, -0.05) is 13.3 Å². The van der Waals surface area contributed by atoms with Crippen molar-refractivity contribution in [1.29, 1.82) is 0 Å². The summed E-state index contributed by atoms with van der Waals surface area (Å²) in [4.78, 5) is 25.3. The smallest absolute Gasteiger partial charge is 0.237 e. The zero-order valence-electron chi connectivity index (χ0n) is 16.9. The summed E-state index contributed by atoms with van der Waals surface area (Å²) < 4.78 is 5.64. The van der Waals surface area contributed by atoms with Gasteiger partial charge in [-0.15, -0.1) is 11.8 Å². The van der Waals surface area contributed by atoms with Crippen molar-refractivity contribution in [2.75, 3.05) is 17.2 Å². The van der Waals surface area contributed by atoms with E-state index in [9.17, 15) is 9.59 Å². The van der Waals surface area contributed by atoms with Crippen molar-refractivity contribution < 1.29 is 14.3 Å². The zero-order chi connectivity index (χ0) is 20.6. The first-order valence-corrected chi connectivity index (χ1v) is 11.0. The molecule has 1 unspecified atom stereocenters. The van der Waals surface area contributed by atoms with Crippen LogP contribution in [0.15, 0.2) is 53.4 Å². The van der Waals surface area contributed by atoms with E-state index >= 15 is 0 Å². The Morgan fingerprint density at radius 3 is 2.28 bits per heavy atom. The van der Waals surface area contributed by atoms with Crippen LogP contribution in [-0.4, -0.2) is 23.7 Å². The van der Waals surface area contributed by atoms with E-state index in [0.29, 0.717) is 6.61 Å². The molecule has 0 spiro atoms. The Labute approximate surface area is 176 Å². The van der Waals surface area contributed by atoms with Gasteiger partial charge < -0.3 is 15.4 Å². The summed E-state index contributed by atoms with van der Waals surface area (Å²) in [6.45, 7) is 4.71. The molecule has 6 heteroatoms. The molecule has 1 fully saturated rings. The van der Waals surface area contributed by atoms with Crippen LogP contribution in [0.25, 0.3) is 0 Å². The number of hydrogen-bond acceptors (Lipinski definition) is 4. The lowest BCUT2D eigenvalue weighted by Gasteiger charge is -2.13. The first-order valence-electron chi connectivity index (χ1n) is 10.2. The largest absolute Gasteiger partial charge is 0.494 e. The number of carbonyl (C=O) groups excluding carboxylic acids is 2. The summed E-state index contributed by atoms with van der Waals surface area (Å²) in [7, 11) is 0. The minimum Gasteiger partial charge on any atom is -0.494 e. The van der Waals surface area contributed by atoms with E-state index in [2.05, 4.69) is 17.6 Å². The SMILES string of the molecule is CCCCOc1ccc(NC(=O)C(C)Sc2ccc(NC(=O)C3CC3)cc2)cc1. The van der Waals surface area contributed by atoms with Gasteiger partial charge in [-0.2, -0.15) is 0 Å². The maximum atomic E-state index is 12.5. The predicted molar refractivity (Wildman–Crippen MR) is 119 cm³/mol. The summed E-state index contributed by atoms with van der Waals surface area (Å²) in [5.74, 6) is 1.04. The number of nitrogens with one attached hydrogen (secondary N) is 2. The average molecular weight is 413 g/mol. The number of benzene rings is 2. The van der Waals surface area contributed by atoms with E-state index in [1.165, 1.54) is 11.8 Å². The maximum absolute atomic E-state index is 12.5. The third-order valence-corrected chi connectivity index (χ3v) is 5.75. The summed E-state index contributed by atoms with van der Waals surface area (Å²) in [6.07, 6.45) is 4.10. The monoisotopic (exact) mass is 412 g/mol. The molecule has 3 rings (SSSR count). The fourth-order valence-corrected chi connectivity index (χ4v) is 3.54. The Morgan fingerprint density at radius 1 is 1.03 bits per heavy atom. The van der Waals surface area contributed by atoms with Gasteiger partial charge in [0.05, 0.1) is 11.9 Å². The first kappa shape index (κ1) is 21.2. The molecule has 2 N–H and O–H groups in total. The molecule has 154 valence electrons. The van der Waals surface area contributed by atoms with Crippen molar-refractivity contribution in [2.24, 2.45) is 5.92 Å². The van der Waals surface area contributed by atoms with Crippen molar-refractivity contribution in [1.82, 2.24) is 0 Å². The molecule has 0 radical (unpaired) electrons. The number of amides is 2. The summed E-state index contributed by atoms with van der Waals surface area (Å²) in [5.41, 5.74) is 1.55. The molecule has 0 saturated heterocycles. The molecule has 0 aliphatic heterocycles. The number of anilines is 2. The maximum Gasteiger partial charge on any atom is 0.237 e. The Bertz CT molecular complexity index is 817. The van der Waals surface area contributed by atoms with Crippen LogP contribution in [0.5, 0.6) is 5.75 Å². The van der Waals surface area contributed by atoms with Crippen molar-refractivity contribution >= 4 is 35.0 Å². The van der Waals surface area contributed by atoms with Crippen LogP contribution < -0.4 is 15.4 Å². The van der Waals surface area contributed by atoms with Crippen molar-refractivity contribution in [3.8, 4) is 5.75 Å². The quantitative estimate of drug-likeness (QED) is 0.409. The van der Waals surface area contributed by atoms with Gasteiger partial charge in [0.1, 0.15) is 5.75 Å². The van der Waals surface area contributed by atoms with Gasteiger partial charge in [-0.05, 0) is 74.7 Å². The van der Waals surface area contributed by atoms with Gasteiger partial charge in [-0.3, -0.25) is 9.59 Å². The van der Waals surface area contributed by atoms with Crippen LogP contribution in [0.3, 0.4) is 0 Å². The van der Waals surface area contributed by atoms with Crippen LogP contribution in [0.2, 0.25) is 0 Å².